The summed E-state index contributed by atoms with van der Waals surface area (Å²) < 4.78 is 0. The zero-order chi connectivity index (χ0) is 17.8. The van der Waals surface area contributed by atoms with Crippen LogP contribution < -0.4 is 0 Å². The van der Waals surface area contributed by atoms with Gasteiger partial charge in [0.1, 0.15) is 6.29 Å². The van der Waals surface area contributed by atoms with Crippen LogP contribution in [-0.2, 0) is 4.79 Å². The number of aldehydes is 1. The second kappa shape index (κ2) is 6.08. The molecule has 0 spiro atoms. The predicted molar refractivity (Wildman–Crippen MR) is 101 cm³/mol. The first-order chi connectivity index (χ1) is 11.9. The molecule has 0 aromatic rings. The second-order valence-corrected chi connectivity index (χ2v) is 9.92. The van der Waals surface area contributed by atoms with Crippen molar-refractivity contribution in [3.05, 3.63) is 23.8 Å². The molecule has 0 aromatic heterocycles. The van der Waals surface area contributed by atoms with Gasteiger partial charge in [-0.25, -0.2) is 0 Å². The molecular weight excluding hydrogens is 308 g/mol. The van der Waals surface area contributed by atoms with Crippen molar-refractivity contribution in [3.63, 3.8) is 0 Å². The second-order valence-electron chi connectivity index (χ2n) is 9.92. The molecule has 4 aliphatic rings. The Balaban J connectivity index is 1.67. The Morgan fingerprint density at radius 1 is 1.20 bits per heavy atom. The molecule has 0 aliphatic heterocycles. The first-order valence-corrected chi connectivity index (χ1v) is 10.4. The molecule has 8 atom stereocenters. The Labute approximate surface area is 152 Å². The lowest BCUT2D eigenvalue weighted by molar-refractivity contribution is -0.110. The van der Waals surface area contributed by atoms with Gasteiger partial charge in [-0.15, -0.1) is 0 Å². The molecule has 0 heterocycles. The Kier molecular flexibility index (Phi) is 4.26. The van der Waals surface area contributed by atoms with Gasteiger partial charge in [0, 0.05) is 12.5 Å². The van der Waals surface area contributed by atoms with E-state index < -0.39 is 0 Å². The highest BCUT2D eigenvalue weighted by Gasteiger charge is 2.58. The maximum Gasteiger partial charge on any atom is 0.126 e. The van der Waals surface area contributed by atoms with Crippen molar-refractivity contribution in [2.24, 2.45) is 46.3 Å². The van der Waals surface area contributed by atoms with Crippen LogP contribution in [-0.4, -0.2) is 18.0 Å². The fraction of sp³-hybridized carbons (Fsp3) is 0.783. The monoisotopic (exact) mass is 342 g/mol. The van der Waals surface area contributed by atoms with E-state index in [-0.39, 0.29) is 11.3 Å². The van der Waals surface area contributed by atoms with Gasteiger partial charge < -0.3 is 9.90 Å². The van der Waals surface area contributed by atoms with E-state index in [0.717, 1.165) is 31.0 Å². The number of carbonyl (C=O) groups is 1. The van der Waals surface area contributed by atoms with Gasteiger partial charge in [-0.05, 0) is 84.5 Å². The van der Waals surface area contributed by atoms with E-state index in [9.17, 15) is 9.90 Å². The number of hydrogen-bond acceptors (Lipinski definition) is 2. The van der Waals surface area contributed by atoms with Gasteiger partial charge in [-0.3, -0.25) is 0 Å². The van der Waals surface area contributed by atoms with Crippen molar-refractivity contribution >= 4 is 6.29 Å². The lowest BCUT2D eigenvalue weighted by atomic mass is 9.48. The molecule has 2 fully saturated rings. The number of allylic oxidation sites excluding steroid dienone is 4. The van der Waals surface area contributed by atoms with E-state index in [2.05, 4.69) is 39.0 Å². The van der Waals surface area contributed by atoms with Crippen LogP contribution >= 0.6 is 0 Å². The van der Waals surface area contributed by atoms with E-state index in [1.54, 1.807) is 0 Å². The summed E-state index contributed by atoms with van der Waals surface area (Å²) in [5.41, 5.74) is 2.09. The normalized spacial score (nSPS) is 49.6. The van der Waals surface area contributed by atoms with Gasteiger partial charge in [-0.1, -0.05) is 39.0 Å². The largest absolute Gasteiger partial charge is 0.396 e. The molecule has 4 rings (SSSR count). The van der Waals surface area contributed by atoms with Gasteiger partial charge >= 0.3 is 0 Å². The Morgan fingerprint density at radius 2 is 2.00 bits per heavy atom. The van der Waals surface area contributed by atoms with E-state index >= 15 is 0 Å². The average molecular weight is 343 g/mol. The first-order valence-electron chi connectivity index (χ1n) is 10.4. The van der Waals surface area contributed by atoms with E-state index in [4.69, 9.17) is 0 Å². The highest BCUT2D eigenvalue weighted by Crippen LogP contribution is 2.66. The smallest absolute Gasteiger partial charge is 0.126 e. The van der Waals surface area contributed by atoms with Gasteiger partial charge in [0.25, 0.3) is 0 Å². The van der Waals surface area contributed by atoms with Crippen molar-refractivity contribution in [2.45, 2.75) is 59.3 Å². The minimum atomic E-state index is 0.124. The lowest BCUT2D eigenvalue weighted by Gasteiger charge is -2.57. The maximum absolute atomic E-state index is 11.3. The predicted octanol–water partition coefficient (Wildman–Crippen LogP) is 4.78. The van der Waals surface area contributed by atoms with Crippen molar-refractivity contribution in [2.75, 3.05) is 6.61 Å². The average Bonchev–Trinajstić information content (AvgIpc) is 2.97. The third kappa shape index (κ3) is 2.43. The summed E-state index contributed by atoms with van der Waals surface area (Å²) in [5.74, 6) is 3.41. The van der Waals surface area contributed by atoms with E-state index in [1.807, 2.05) is 0 Å². The van der Waals surface area contributed by atoms with Crippen molar-refractivity contribution in [1.82, 2.24) is 0 Å². The molecule has 0 radical (unpaired) electrons. The number of rotatable bonds is 3. The lowest BCUT2D eigenvalue weighted by Crippen LogP contribution is -2.49. The minimum absolute atomic E-state index is 0.124. The molecule has 0 saturated heterocycles. The molecule has 25 heavy (non-hydrogen) atoms. The summed E-state index contributed by atoms with van der Waals surface area (Å²) in [4.78, 5) is 11.3. The third-order valence-corrected chi connectivity index (χ3v) is 8.92. The van der Waals surface area contributed by atoms with Crippen LogP contribution in [0.15, 0.2) is 23.8 Å². The number of fused-ring (bicyclic) bond motifs is 5. The molecule has 1 N–H and O–H groups in total. The van der Waals surface area contributed by atoms with Gasteiger partial charge in [-0.2, -0.15) is 0 Å². The van der Waals surface area contributed by atoms with Crippen molar-refractivity contribution in [1.29, 1.82) is 0 Å². The molecule has 138 valence electrons. The molecule has 2 saturated carbocycles. The fourth-order valence-electron chi connectivity index (χ4n) is 7.39. The van der Waals surface area contributed by atoms with Crippen LogP contribution in [0.4, 0.5) is 0 Å². The summed E-state index contributed by atoms with van der Waals surface area (Å²) in [6.45, 7) is 7.55. The summed E-state index contributed by atoms with van der Waals surface area (Å²) in [5, 5.41) is 9.73. The van der Waals surface area contributed by atoms with E-state index in [0.29, 0.717) is 29.8 Å². The molecule has 2 unspecified atom stereocenters. The minimum Gasteiger partial charge on any atom is -0.396 e. The molecule has 4 aliphatic carbocycles. The topological polar surface area (TPSA) is 37.3 Å². The molecule has 0 aromatic carbocycles. The Hall–Kier alpha value is -0.890. The van der Waals surface area contributed by atoms with E-state index in [1.165, 1.54) is 31.3 Å². The van der Waals surface area contributed by atoms with Gasteiger partial charge in [0.2, 0.25) is 0 Å². The standard InChI is InChI=1S/C23H34O2/c1-15(13-24)19-6-7-20-18-5-4-17-12-16(14-25)8-10-22(17,2)21(18)9-11-23(19,20)3/h4-5,12,14-16,18-21,24H,6-11,13H2,1-3H3/t15?,16?,18-,19+,20-,21-,22-,23+/m0/s1. The fourth-order valence-corrected chi connectivity index (χ4v) is 7.39. The molecular formula is C23H34O2. The van der Waals surface area contributed by atoms with Crippen LogP contribution in [0.3, 0.4) is 0 Å². The SMILES string of the molecule is CC(CO)[C@H]1CC[C@H]2[C@@H]3C=CC4=CC(C=O)CC[C@]4(C)[C@H]3CC[C@]12C. The molecule has 0 amide bonds. The highest BCUT2D eigenvalue weighted by atomic mass is 16.3. The van der Waals surface area contributed by atoms with Crippen LogP contribution in [0.5, 0.6) is 0 Å². The maximum atomic E-state index is 11.3. The summed E-state index contributed by atoms with van der Waals surface area (Å²) in [7, 11) is 0. The van der Waals surface area contributed by atoms with Crippen LogP contribution in [0, 0.1) is 46.3 Å². The number of aliphatic hydroxyl groups excluding tert-OH is 1. The highest BCUT2D eigenvalue weighted by molar-refractivity contribution is 5.58. The number of aliphatic hydroxyl groups is 1. The quantitative estimate of drug-likeness (QED) is 0.749. The first kappa shape index (κ1) is 17.5. The molecule has 2 heteroatoms. The Morgan fingerprint density at radius 3 is 2.72 bits per heavy atom. The third-order valence-electron chi connectivity index (χ3n) is 8.92. The summed E-state index contributed by atoms with van der Waals surface area (Å²) in [6, 6.07) is 0. The van der Waals surface area contributed by atoms with Gasteiger partial charge in [0.15, 0.2) is 0 Å². The van der Waals surface area contributed by atoms with Crippen LogP contribution in [0.25, 0.3) is 0 Å². The zero-order valence-electron chi connectivity index (χ0n) is 16.1. The molecule has 0 bridgehead atoms. The molecule has 2 nitrogen and oxygen atoms in total. The summed E-state index contributed by atoms with van der Waals surface area (Å²) >= 11 is 0. The Bertz CT molecular complexity index is 605. The summed E-state index contributed by atoms with van der Waals surface area (Å²) in [6.07, 6.45) is 15.6. The number of hydrogen-bond donors (Lipinski definition) is 1. The zero-order valence-corrected chi connectivity index (χ0v) is 16.1. The van der Waals surface area contributed by atoms with Crippen molar-refractivity contribution in [3.8, 4) is 0 Å². The van der Waals surface area contributed by atoms with Crippen molar-refractivity contribution < 1.29 is 9.90 Å². The number of carbonyl (C=O) groups excluding carboxylic acids is 1. The van der Waals surface area contributed by atoms with Crippen LogP contribution in [0.1, 0.15) is 59.3 Å². The van der Waals surface area contributed by atoms with Gasteiger partial charge in [0.05, 0.1) is 0 Å². The van der Waals surface area contributed by atoms with Crippen LogP contribution in [0.2, 0.25) is 0 Å².